The molecule has 5 nitrogen and oxygen atoms in total. The maximum absolute atomic E-state index is 12.5. The molecule has 0 aliphatic carbocycles. The Morgan fingerprint density at radius 2 is 1.54 bits per heavy atom. The lowest BCUT2D eigenvalue weighted by Crippen LogP contribution is -2.49. The lowest BCUT2D eigenvalue weighted by molar-refractivity contribution is -0.308. The number of nitrogens with one attached hydrogen (secondary N) is 1. The second kappa shape index (κ2) is 8.27. The summed E-state index contributed by atoms with van der Waals surface area (Å²) in [7, 11) is 1.49. The van der Waals surface area contributed by atoms with Gasteiger partial charge in [0.1, 0.15) is 0 Å². The van der Waals surface area contributed by atoms with Crippen LogP contribution in [0.2, 0.25) is 0 Å². The summed E-state index contributed by atoms with van der Waals surface area (Å²) >= 11 is 0. The molecule has 1 aliphatic heterocycles. The van der Waals surface area contributed by atoms with E-state index in [1.807, 2.05) is 0 Å². The second-order valence-corrected chi connectivity index (χ2v) is 6.31. The molecule has 0 atom stereocenters. The molecule has 0 saturated carbocycles. The van der Waals surface area contributed by atoms with E-state index < -0.39 is 24.5 Å². The molecule has 0 unspecified atom stereocenters. The van der Waals surface area contributed by atoms with Gasteiger partial charge < -0.3 is 15.0 Å². The normalized spacial score (nSPS) is 16.2. The number of benzene rings is 1. The Hall–Kier alpha value is -2.46. The van der Waals surface area contributed by atoms with E-state index in [1.165, 1.54) is 7.05 Å². The fourth-order valence-electron chi connectivity index (χ4n) is 2.94. The lowest BCUT2D eigenvalue weighted by Gasteiger charge is -2.33. The minimum Gasteiger partial charge on any atom is -0.426 e. The summed E-state index contributed by atoms with van der Waals surface area (Å²) in [6, 6.07) is 6.69. The number of likely N-dealkylation sites (tertiary alicyclic amines) is 1. The number of ether oxygens (including phenoxy) is 1. The van der Waals surface area contributed by atoms with Gasteiger partial charge in [0.15, 0.2) is 0 Å². The molecule has 0 radical (unpaired) electrons. The van der Waals surface area contributed by atoms with E-state index in [1.54, 1.807) is 24.3 Å². The van der Waals surface area contributed by atoms with Gasteiger partial charge in [0, 0.05) is 25.7 Å². The third-order valence-corrected chi connectivity index (χ3v) is 4.44. The van der Waals surface area contributed by atoms with Gasteiger partial charge in [-0.3, -0.25) is 4.79 Å². The van der Waals surface area contributed by atoms with Crippen molar-refractivity contribution in [2.24, 2.45) is 0 Å². The van der Waals surface area contributed by atoms with Gasteiger partial charge in [-0.2, -0.15) is 26.3 Å². The summed E-state index contributed by atoms with van der Waals surface area (Å²) in [5.41, 5.74) is 1.32. The first-order chi connectivity index (χ1) is 12.9. The van der Waals surface area contributed by atoms with Crippen molar-refractivity contribution < 1.29 is 40.7 Å². The molecule has 1 aromatic rings. The topological polar surface area (TPSA) is 58.6 Å². The molecule has 0 bridgehead atoms. The van der Waals surface area contributed by atoms with Crippen LogP contribution in [-0.4, -0.2) is 55.5 Å². The van der Waals surface area contributed by atoms with Gasteiger partial charge in [-0.05, 0) is 36.5 Å². The summed E-state index contributed by atoms with van der Waals surface area (Å²) in [5, 5.41) is 2.48. The third-order valence-electron chi connectivity index (χ3n) is 4.44. The van der Waals surface area contributed by atoms with Crippen molar-refractivity contribution in [3.63, 3.8) is 0 Å². The summed E-state index contributed by atoms with van der Waals surface area (Å²) < 4.78 is 78.7. The summed E-state index contributed by atoms with van der Waals surface area (Å²) in [5.74, 6) is -0.295. The zero-order valence-electron chi connectivity index (χ0n) is 14.7. The molecule has 11 heteroatoms. The molecule has 0 aromatic heterocycles. The first kappa shape index (κ1) is 21.8. The van der Waals surface area contributed by atoms with Gasteiger partial charge in [0.25, 0.3) is 12.0 Å². The number of halogens is 6. The second-order valence-electron chi connectivity index (χ2n) is 6.31. The van der Waals surface area contributed by atoms with Gasteiger partial charge >= 0.3 is 18.4 Å². The molecular weight excluding hydrogens is 394 g/mol. The quantitative estimate of drug-likeness (QED) is 0.768. The number of amides is 2. The van der Waals surface area contributed by atoms with Crippen LogP contribution in [-0.2, 0) is 4.74 Å². The Bertz CT molecular complexity index is 680. The molecule has 1 N–H and O–H groups in total. The van der Waals surface area contributed by atoms with Crippen molar-refractivity contribution in [3.8, 4) is 0 Å². The number of hydrogen-bond donors (Lipinski definition) is 1. The largest absolute Gasteiger partial charge is 0.434 e. The number of alkyl halides is 6. The average Bonchev–Trinajstić information content (AvgIpc) is 2.63. The molecule has 1 aromatic carbocycles. The zero-order chi connectivity index (χ0) is 21.1. The van der Waals surface area contributed by atoms with Crippen LogP contribution in [0.25, 0.3) is 0 Å². The smallest absolute Gasteiger partial charge is 0.426 e. The van der Waals surface area contributed by atoms with E-state index >= 15 is 0 Å². The molecule has 2 rings (SSSR count). The Morgan fingerprint density at radius 1 is 1.04 bits per heavy atom. The highest BCUT2D eigenvalue weighted by atomic mass is 19.4. The molecule has 0 spiro atoms. The number of carbonyl (C=O) groups excluding carboxylic acids is 2. The first-order valence-corrected chi connectivity index (χ1v) is 8.34. The number of hydrogen-bond acceptors (Lipinski definition) is 3. The highest BCUT2D eigenvalue weighted by Gasteiger charge is 2.60. The van der Waals surface area contributed by atoms with E-state index in [4.69, 9.17) is 0 Å². The first-order valence-electron chi connectivity index (χ1n) is 8.34. The Balaban J connectivity index is 1.95. The number of rotatable bonds is 3. The molecule has 1 heterocycles. The summed E-state index contributed by atoms with van der Waals surface area (Å²) in [6.45, 7) is -0.0771. The highest BCUT2D eigenvalue weighted by molar-refractivity contribution is 5.93. The van der Waals surface area contributed by atoms with Crippen LogP contribution in [0.15, 0.2) is 24.3 Å². The van der Waals surface area contributed by atoms with Gasteiger partial charge in [0.2, 0.25) is 0 Å². The summed E-state index contributed by atoms with van der Waals surface area (Å²) in [6.07, 6.45) is -16.6. The Morgan fingerprint density at radius 3 is 1.96 bits per heavy atom. The molecule has 1 fully saturated rings. The molecule has 1 aliphatic rings. The maximum Gasteiger partial charge on any atom is 0.434 e. The van der Waals surface area contributed by atoms with Crippen LogP contribution in [0.3, 0.4) is 0 Å². The molecule has 156 valence electrons. The van der Waals surface area contributed by atoms with Crippen molar-refractivity contribution in [2.75, 3.05) is 20.1 Å². The van der Waals surface area contributed by atoms with Crippen molar-refractivity contribution in [1.29, 1.82) is 0 Å². The highest BCUT2D eigenvalue weighted by Crippen LogP contribution is 2.36. The van der Waals surface area contributed by atoms with Crippen LogP contribution in [0.5, 0.6) is 0 Å². The van der Waals surface area contributed by atoms with E-state index in [-0.39, 0.29) is 24.9 Å². The van der Waals surface area contributed by atoms with Crippen LogP contribution >= 0.6 is 0 Å². The lowest BCUT2D eigenvalue weighted by atomic mass is 9.89. The number of carbonyl (C=O) groups is 2. The Labute approximate surface area is 156 Å². The number of piperidine rings is 1. The van der Waals surface area contributed by atoms with Gasteiger partial charge in [-0.15, -0.1) is 0 Å². The van der Waals surface area contributed by atoms with Crippen molar-refractivity contribution in [2.45, 2.75) is 37.2 Å². The van der Waals surface area contributed by atoms with Gasteiger partial charge in [-0.25, -0.2) is 4.79 Å². The van der Waals surface area contributed by atoms with E-state index in [9.17, 15) is 35.9 Å². The standard InChI is InChI=1S/C17H18F6N2O3/c1-24-13(26)12-4-2-10(3-5-12)11-6-8-25(9-7-11)15(27)28-14(16(18,19)20)17(21,22)23/h2-5,11,14H,6-9H2,1H3,(H,24,26). The zero-order valence-corrected chi connectivity index (χ0v) is 14.7. The predicted molar refractivity (Wildman–Crippen MR) is 85.8 cm³/mol. The van der Waals surface area contributed by atoms with Crippen molar-refractivity contribution >= 4 is 12.0 Å². The van der Waals surface area contributed by atoms with Crippen LogP contribution in [0.1, 0.15) is 34.7 Å². The average molecular weight is 412 g/mol. The van der Waals surface area contributed by atoms with Gasteiger partial charge in [0.05, 0.1) is 0 Å². The van der Waals surface area contributed by atoms with E-state index in [2.05, 4.69) is 10.1 Å². The van der Waals surface area contributed by atoms with Gasteiger partial charge in [-0.1, -0.05) is 12.1 Å². The van der Waals surface area contributed by atoms with E-state index in [0.29, 0.717) is 18.4 Å². The third kappa shape index (κ3) is 5.29. The SMILES string of the molecule is CNC(=O)c1ccc(C2CCN(C(=O)OC(C(F)(F)F)C(F)(F)F)CC2)cc1. The number of nitrogens with zero attached hydrogens (tertiary/aromatic N) is 1. The fourth-order valence-corrected chi connectivity index (χ4v) is 2.94. The van der Waals surface area contributed by atoms with Crippen LogP contribution in [0.4, 0.5) is 31.1 Å². The maximum atomic E-state index is 12.5. The monoisotopic (exact) mass is 412 g/mol. The summed E-state index contributed by atoms with van der Waals surface area (Å²) in [4.78, 5) is 24.1. The fraction of sp³-hybridized carbons (Fsp3) is 0.529. The molecular formula is C17H18F6N2O3. The molecule has 2 amide bonds. The Kier molecular flexibility index (Phi) is 6.45. The predicted octanol–water partition coefficient (Wildman–Crippen LogP) is 3.86. The molecule has 28 heavy (non-hydrogen) atoms. The van der Waals surface area contributed by atoms with Crippen molar-refractivity contribution in [3.05, 3.63) is 35.4 Å². The molecule has 1 saturated heterocycles. The minimum atomic E-state index is -5.74. The van der Waals surface area contributed by atoms with Crippen LogP contribution < -0.4 is 5.32 Å². The van der Waals surface area contributed by atoms with Crippen LogP contribution in [0, 0.1) is 0 Å². The minimum absolute atomic E-state index is 0.0381. The van der Waals surface area contributed by atoms with E-state index in [0.717, 1.165) is 10.5 Å². The van der Waals surface area contributed by atoms with Crippen molar-refractivity contribution in [1.82, 2.24) is 10.2 Å².